The summed E-state index contributed by atoms with van der Waals surface area (Å²) >= 11 is 0. The van der Waals surface area contributed by atoms with Gasteiger partial charge in [-0.15, -0.1) is 0 Å². The molecule has 1 rings (SSSR count). The molecule has 0 fully saturated rings. The first kappa shape index (κ1) is 16.4. The van der Waals surface area contributed by atoms with Crippen molar-refractivity contribution >= 4 is 21.6 Å². The smallest absolute Gasteiger partial charge is 0.248 e. The van der Waals surface area contributed by atoms with Gasteiger partial charge < -0.3 is 16.2 Å². The predicted molar refractivity (Wildman–Crippen MR) is 75.7 cm³/mol. The summed E-state index contributed by atoms with van der Waals surface area (Å²) in [5.74, 6) is -0.662. The second-order valence-corrected chi connectivity index (χ2v) is 6.15. The fraction of sp³-hybridized carbons (Fsp3) is 0.417. The number of rotatable bonds is 7. The molecule has 0 aromatic heterocycles. The fourth-order valence-electron chi connectivity index (χ4n) is 1.56. The van der Waals surface area contributed by atoms with Crippen molar-refractivity contribution in [3.8, 4) is 0 Å². The lowest BCUT2D eigenvalue weighted by atomic mass is 10.2. The van der Waals surface area contributed by atoms with Crippen LogP contribution in [0.15, 0.2) is 23.1 Å². The van der Waals surface area contributed by atoms with E-state index in [2.05, 4.69) is 0 Å². The van der Waals surface area contributed by atoms with Crippen molar-refractivity contribution in [3.05, 3.63) is 23.8 Å². The standard InChI is InChI=1S/C12H19N3O4S/c1-3-19-7-6-15(2)20(17,18)11-5-4-9(12(14)16)8-10(11)13/h4-5,8H,3,6-7,13H2,1-2H3,(H2,14,16). The monoisotopic (exact) mass is 301 g/mol. The quantitative estimate of drug-likeness (QED) is 0.544. The lowest BCUT2D eigenvalue weighted by Crippen LogP contribution is -2.31. The number of hydrogen-bond donors (Lipinski definition) is 2. The number of nitrogens with two attached hydrogens (primary N) is 2. The normalized spacial score (nSPS) is 11.8. The van der Waals surface area contributed by atoms with E-state index in [9.17, 15) is 13.2 Å². The van der Waals surface area contributed by atoms with Gasteiger partial charge >= 0.3 is 0 Å². The molecule has 4 N–H and O–H groups in total. The predicted octanol–water partition coefficient (Wildman–Crippen LogP) is 0.0247. The van der Waals surface area contributed by atoms with Crippen LogP contribution in [0.3, 0.4) is 0 Å². The lowest BCUT2D eigenvalue weighted by Gasteiger charge is -2.18. The lowest BCUT2D eigenvalue weighted by molar-refractivity contribution is 0.1000. The minimum atomic E-state index is -3.72. The van der Waals surface area contributed by atoms with Gasteiger partial charge in [0, 0.05) is 25.8 Å². The second kappa shape index (κ2) is 6.69. The van der Waals surface area contributed by atoms with Crippen molar-refractivity contribution in [2.45, 2.75) is 11.8 Å². The van der Waals surface area contributed by atoms with Crippen molar-refractivity contribution in [1.82, 2.24) is 4.31 Å². The number of anilines is 1. The van der Waals surface area contributed by atoms with E-state index >= 15 is 0 Å². The molecule has 1 aromatic rings. The van der Waals surface area contributed by atoms with Crippen LogP contribution in [0.5, 0.6) is 0 Å². The third-order valence-corrected chi connectivity index (χ3v) is 4.67. The van der Waals surface area contributed by atoms with E-state index < -0.39 is 15.9 Å². The molecule has 0 aliphatic carbocycles. The van der Waals surface area contributed by atoms with Crippen LogP contribution in [-0.2, 0) is 14.8 Å². The maximum atomic E-state index is 12.3. The van der Waals surface area contributed by atoms with E-state index in [1.165, 1.54) is 25.2 Å². The van der Waals surface area contributed by atoms with Crippen LogP contribution in [0, 0.1) is 0 Å². The van der Waals surface area contributed by atoms with Crippen LogP contribution in [0.4, 0.5) is 5.69 Å². The largest absolute Gasteiger partial charge is 0.398 e. The molecule has 1 aromatic carbocycles. The van der Waals surface area contributed by atoms with Gasteiger partial charge in [0.25, 0.3) is 0 Å². The number of amides is 1. The maximum absolute atomic E-state index is 12.3. The highest BCUT2D eigenvalue weighted by atomic mass is 32.2. The first-order valence-corrected chi connectivity index (χ1v) is 7.48. The summed E-state index contributed by atoms with van der Waals surface area (Å²) in [6, 6.07) is 3.87. The number of benzene rings is 1. The summed E-state index contributed by atoms with van der Waals surface area (Å²) in [5.41, 5.74) is 11.0. The summed E-state index contributed by atoms with van der Waals surface area (Å²) in [5, 5.41) is 0. The second-order valence-electron chi connectivity index (χ2n) is 4.14. The number of hydrogen-bond acceptors (Lipinski definition) is 5. The number of carbonyl (C=O) groups excluding carboxylic acids is 1. The number of ether oxygens (including phenoxy) is 1. The van der Waals surface area contributed by atoms with Gasteiger partial charge in [-0.05, 0) is 25.1 Å². The van der Waals surface area contributed by atoms with Crippen LogP contribution in [-0.4, -0.2) is 45.4 Å². The van der Waals surface area contributed by atoms with Crippen molar-refractivity contribution in [1.29, 1.82) is 0 Å². The van der Waals surface area contributed by atoms with E-state index in [-0.39, 0.29) is 22.7 Å². The molecule has 0 bridgehead atoms. The molecule has 0 aliphatic heterocycles. The van der Waals surface area contributed by atoms with Gasteiger partial charge in [-0.1, -0.05) is 0 Å². The third kappa shape index (κ3) is 3.69. The van der Waals surface area contributed by atoms with Crippen molar-refractivity contribution in [3.63, 3.8) is 0 Å². The fourth-order valence-corrected chi connectivity index (χ4v) is 2.81. The Morgan fingerprint density at radius 2 is 2.05 bits per heavy atom. The number of carbonyl (C=O) groups is 1. The molecule has 8 heteroatoms. The molecular formula is C12H19N3O4S. The molecule has 0 spiro atoms. The number of sulfonamides is 1. The van der Waals surface area contributed by atoms with Crippen LogP contribution in [0.2, 0.25) is 0 Å². The SMILES string of the molecule is CCOCCN(C)S(=O)(=O)c1ccc(C(N)=O)cc1N. The zero-order valence-corrected chi connectivity index (χ0v) is 12.3. The Hall–Kier alpha value is -1.64. The van der Waals surface area contributed by atoms with Crippen molar-refractivity contribution in [2.75, 3.05) is 32.5 Å². The molecule has 0 saturated heterocycles. The highest BCUT2D eigenvalue weighted by Crippen LogP contribution is 2.22. The number of likely N-dealkylation sites (N-methyl/N-ethyl adjacent to an activating group) is 1. The number of primary amides is 1. The minimum Gasteiger partial charge on any atom is -0.398 e. The van der Waals surface area contributed by atoms with E-state index in [0.717, 1.165) is 4.31 Å². The minimum absolute atomic E-state index is 0.00967. The Balaban J connectivity index is 3.00. The van der Waals surface area contributed by atoms with Gasteiger partial charge in [0.2, 0.25) is 15.9 Å². The molecule has 0 radical (unpaired) electrons. The van der Waals surface area contributed by atoms with Crippen LogP contribution >= 0.6 is 0 Å². The molecular weight excluding hydrogens is 282 g/mol. The molecule has 0 heterocycles. The Kier molecular flexibility index (Phi) is 5.49. The Morgan fingerprint density at radius 1 is 1.40 bits per heavy atom. The highest BCUT2D eigenvalue weighted by Gasteiger charge is 2.23. The van der Waals surface area contributed by atoms with E-state index in [1.54, 1.807) is 0 Å². The van der Waals surface area contributed by atoms with Gasteiger partial charge in [0.15, 0.2) is 0 Å². The van der Waals surface area contributed by atoms with Crippen LogP contribution in [0.1, 0.15) is 17.3 Å². The average Bonchev–Trinajstić information content (AvgIpc) is 2.38. The molecule has 112 valence electrons. The number of nitrogens with zero attached hydrogens (tertiary/aromatic N) is 1. The van der Waals surface area contributed by atoms with Crippen molar-refractivity contribution in [2.24, 2.45) is 5.73 Å². The molecule has 1 amide bonds. The van der Waals surface area contributed by atoms with Crippen molar-refractivity contribution < 1.29 is 17.9 Å². The first-order chi connectivity index (χ1) is 9.30. The summed E-state index contributed by atoms with van der Waals surface area (Å²) in [6.07, 6.45) is 0. The Morgan fingerprint density at radius 3 is 2.55 bits per heavy atom. The van der Waals surface area contributed by atoms with Gasteiger partial charge in [0.1, 0.15) is 4.90 Å². The molecule has 7 nitrogen and oxygen atoms in total. The van der Waals surface area contributed by atoms with E-state index in [4.69, 9.17) is 16.2 Å². The van der Waals surface area contributed by atoms with E-state index in [0.29, 0.717) is 13.2 Å². The summed E-state index contributed by atoms with van der Waals surface area (Å²) in [4.78, 5) is 11.0. The Bertz CT molecular complexity index is 586. The Labute approximate surface area is 118 Å². The molecule has 0 unspecified atom stereocenters. The van der Waals surface area contributed by atoms with Gasteiger partial charge in [-0.2, -0.15) is 4.31 Å². The van der Waals surface area contributed by atoms with Gasteiger partial charge in [0.05, 0.1) is 12.3 Å². The van der Waals surface area contributed by atoms with Gasteiger partial charge in [-0.3, -0.25) is 4.79 Å². The summed E-state index contributed by atoms with van der Waals surface area (Å²) < 4.78 is 30.9. The topological polar surface area (TPSA) is 116 Å². The van der Waals surface area contributed by atoms with Gasteiger partial charge in [-0.25, -0.2) is 8.42 Å². The third-order valence-electron chi connectivity index (χ3n) is 2.74. The molecule has 0 saturated carbocycles. The zero-order valence-electron chi connectivity index (χ0n) is 11.5. The maximum Gasteiger partial charge on any atom is 0.248 e. The molecule has 0 atom stereocenters. The highest BCUT2D eigenvalue weighted by molar-refractivity contribution is 7.89. The average molecular weight is 301 g/mol. The van der Waals surface area contributed by atoms with Crippen LogP contribution < -0.4 is 11.5 Å². The number of nitrogen functional groups attached to an aromatic ring is 1. The molecule has 20 heavy (non-hydrogen) atoms. The summed E-state index contributed by atoms with van der Waals surface area (Å²) in [7, 11) is -2.28. The summed E-state index contributed by atoms with van der Waals surface area (Å²) in [6.45, 7) is 2.86. The van der Waals surface area contributed by atoms with Crippen LogP contribution in [0.25, 0.3) is 0 Å². The zero-order chi connectivity index (χ0) is 15.3. The molecule has 0 aliphatic rings. The first-order valence-electron chi connectivity index (χ1n) is 6.04. The van der Waals surface area contributed by atoms with E-state index in [1.807, 2.05) is 6.92 Å².